The molecule has 0 atom stereocenters. The van der Waals surface area contributed by atoms with Gasteiger partial charge in [-0.1, -0.05) is 12.1 Å². The highest BCUT2D eigenvalue weighted by molar-refractivity contribution is 7.89. The molecule has 0 aliphatic carbocycles. The highest BCUT2D eigenvalue weighted by Gasteiger charge is 2.19. The van der Waals surface area contributed by atoms with Crippen molar-refractivity contribution >= 4 is 44.0 Å². The number of nitro groups is 1. The molecule has 0 spiro atoms. The largest absolute Gasteiger partial charge is 0.379 e. The maximum Gasteiger partial charge on any atom is 0.293 e. The number of amides is 1. The molecule has 0 unspecified atom stereocenters. The second-order valence-corrected chi connectivity index (χ2v) is 8.95. The van der Waals surface area contributed by atoms with Crippen LogP contribution in [0, 0.1) is 10.1 Å². The second kappa shape index (κ2) is 9.29. The minimum Gasteiger partial charge on any atom is -0.379 e. The number of aromatic amines is 1. The fourth-order valence-electron chi connectivity index (χ4n) is 3.32. The van der Waals surface area contributed by atoms with Gasteiger partial charge < -0.3 is 15.6 Å². The van der Waals surface area contributed by atoms with Gasteiger partial charge in [0.1, 0.15) is 11.5 Å². The smallest absolute Gasteiger partial charge is 0.293 e. The number of aromatic nitrogens is 2. The van der Waals surface area contributed by atoms with E-state index in [1.54, 1.807) is 12.1 Å². The Hall–Kier alpha value is -4.29. The van der Waals surface area contributed by atoms with Crippen molar-refractivity contribution < 1.29 is 18.1 Å². The molecule has 0 aliphatic heterocycles. The Morgan fingerprint density at radius 2 is 1.82 bits per heavy atom. The van der Waals surface area contributed by atoms with Crippen molar-refractivity contribution in [2.45, 2.75) is 11.3 Å². The number of nitrogens with one attached hydrogen (secondary N) is 3. The first-order chi connectivity index (χ1) is 16.2. The van der Waals surface area contributed by atoms with Crippen LogP contribution >= 0.6 is 0 Å². The topological polar surface area (TPSA) is 173 Å². The average Bonchev–Trinajstić information content (AvgIpc) is 3.23. The van der Waals surface area contributed by atoms with Gasteiger partial charge in [0, 0.05) is 30.3 Å². The molecular weight excluding hydrogens is 460 g/mol. The number of hydrogen-bond donors (Lipinski definition) is 4. The molecule has 0 radical (unpaired) electrons. The van der Waals surface area contributed by atoms with E-state index >= 15 is 0 Å². The van der Waals surface area contributed by atoms with Crippen LogP contribution in [0.25, 0.3) is 22.4 Å². The van der Waals surface area contributed by atoms with E-state index in [2.05, 4.69) is 20.6 Å². The summed E-state index contributed by atoms with van der Waals surface area (Å²) in [6, 6.07) is 18.2. The summed E-state index contributed by atoms with van der Waals surface area (Å²) in [5, 5.41) is 21.8. The van der Waals surface area contributed by atoms with Gasteiger partial charge in [0.15, 0.2) is 0 Å². The summed E-state index contributed by atoms with van der Waals surface area (Å²) in [5.74, 6) is 0.422. The van der Waals surface area contributed by atoms with E-state index in [1.165, 1.54) is 6.07 Å². The summed E-state index contributed by atoms with van der Waals surface area (Å²) in [6.45, 7) is 0.0957. The zero-order chi connectivity index (χ0) is 24.3. The number of carbonyl (C=O) groups is 1. The summed E-state index contributed by atoms with van der Waals surface area (Å²) in [6.07, 6.45) is 0.0272. The third-order valence-electron chi connectivity index (χ3n) is 4.99. The van der Waals surface area contributed by atoms with Crippen molar-refractivity contribution in [1.29, 1.82) is 0 Å². The van der Waals surface area contributed by atoms with Crippen LogP contribution in [0.2, 0.25) is 0 Å². The third kappa shape index (κ3) is 5.19. The van der Waals surface area contributed by atoms with Gasteiger partial charge in [-0.05, 0) is 48.5 Å². The summed E-state index contributed by atoms with van der Waals surface area (Å²) >= 11 is 0. The maximum atomic E-state index is 12.3. The molecule has 1 aromatic heterocycles. The zero-order valence-electron chi connectivity index (χ0n) is 17.7. The van der Waals surface area contributed by atoms with Gasteiger partial charge >= 0.3 is 0 Å². The molecule has 4 aromatic rings. The van der Waals surface area contributed by atoms with Crippen molar-refractivity contribution in [3.8, 4) is 11.4 Å². The summed E-state index contributed by atoms with van der Waals surface area (Å²) in [5.41, 5.74) is 2.89. The molecule has 174 valence electrons. The predicted octanol–water partition coefficient (Wildman–Crippen LogP) is 3.23. The fraction of sp³-hybridized carbons (Fsp3) is 0.0909. The molecular formula is C22H20N6O5S. The Kier molecular flexibility index (Phi) is 6.25. The van der Waals surface area contributed by atoms with Crippen molar-refractivity contribution in [2.75, 3.05) is 17.2 Å². The van der Waals surface area contributed by atoms with Crippen LogP contribution in [0.3, 0.4) is 0 Å². The lowest BCUT2D eigenvalue weighted by atomic mass is 10.2. The Balaban J connectivity index is 1.35. The minimum absolute atomic E-state index is 0.0272. The van der Waals surface area contributed by atoms with Gasteiger partial charge in [-0.15, -0.1) is 0 Å². The Morgan fingerprint density at radius 1 is 1.09 bits per heavy atom. The van der Waals surface area contributed by atoms with E-state index in [4.69, 9.17) is 5.14 Å². The summed E-state index contributed by atoms with van der Waals surface area (Å²) in [7, 11) is -4.07. The van der Waals surface area contributed by atoms with Crippen molar-refractivity contribution in [2.24, 2.45) is 5.14 Å². The summed E-state index contributed by atoms with van der Waals surface area (Å²) in [4.78, 5) is 30.2. The normalized spacial score (nSPS) is 11.3. The number of fused-ring (bicyclic) bond motifs is 1. The first-order valence-electron chi connectivity index (χ1n) is 10.1. The number of hydrogen-bond acceptors (Lipinski definition) is 7. The maximum absolute atomic E-state index is 12.3. The molecule has 1 amide bonds. The van der Waals surface area contributed by atoms with E-state index in [0.717, 1.165) is 34.6 Å². The van der Waals surface area contributed by atoms with E-state index < -0.39 is 20.6 Å². The molecule has 5 N–H and O–H groups in total. The molecule has 34 heavy (non-hydrogen) atoms. The first-order valence-corrected chi connectivity index (χ1v) is 11.7. The highest BCUT2D eigenvalue weighted by Crippen LogP contribution is 2.27. The third-order valence-corrected chi connectivity index (χ3v) is 5.90. The van der Waals surface area contributed by atoms with E-state index in [-0.39, 0.29) is 29.5 Å². The molecule has 0 bridgehead atoms. The molecule has 0 aliphatic rings. The van der Waals surface area contributed by atoms with E-state index in [0.29, 0.717) is 5.69 Å². The van der Waals surface area contributed by atoms with Crippen molar-refractivity contribution in [3.63, 3.8) is 0 Å². The van der Waals surface area contributed by atoms with Crippen LogP contribution in [-0.4, -0.2) is 35.8 Å². The van der Waals surface area contributed by atoms with Gasteiger partial charge in [0.2, 0.25) is 15.9 Å². The predicted molar refractivity (Wildman–Crippen MR) is 128 cm³/mol. The number of sulfonamides is 1. The number of benzene rings is 3. The molecule has 3 aromatic carbocycles. The second-order valence-electron chi connectivity index (χ2n) is 7.39. The van der Waals surface area contributed by atoms with Crippen LogP contribution in [0.15, 0.2) is 71.6 Å². The number of anilines is 2. The Bertz CT molecular complexity index is 1450. The monoisotopic (exact) mass is 480 g/mol. The quantitative estimate of drug-likeness (QED) is 0.221. The number of nitrogens with two attached hydrogens (primary N) is 1. The van der Waals surface area contributed by atoms with Gasteiger partial charge in [-0.2, -0.15) is 0 Å². The number of H-pyrrole nitrogens is 1. The Labute approximate surface area is 194 Å². The van der Waals surface area contributed by atoms with Gasteiger partial charge in [-0.25, -0.2) is 18.5 Å². The van der Waals surface area contributed by atoms with Crippen LogP contribution in [0.1, 0.15) is 6.42 Å². The number of primary sulfonamides is 1. The highest BCUT2D eigenvalue weighted by atomic mass is 32.2. The van der Waals surface area contributed by atoms with E-state index in [9.17, 15) is 23.3 Å². The van der Waals surface area contributed by atoms with Gasteiger partial charge in [0.25, 0.3) is 5.69 Å². The van der Waals surface area contributed by atoms with Gasteiger partial charge in [0.05, 0.1) is 20.9 Å². The lowest BCUT2D eigenvalue weighted by molar-refractivity contribution is -0.384. The molecule has 0 saturated carbocycles. The van der Waals surface area contributed by atoms with Gasteiger partial charge in [-0.3, -0.25) is 14.9 Å². The number of para-hydroxylation sites is 2. The number of imidazole rings is 1. The van der Waals surface area contributed by atoms with E-state index in [1.807, 2.05) is 36.4 Å². The average molecular weight is 481 g/mol. The number of nitro benzene ring substituents is 1. The molecule has 0 fully saturated rings. The number of carbonyl (C=O) groups excluding carboxylic acids is 1. The summed E-state index contributed by atoms with van der Waals surface area (Å²) < 4.78 is 22.8. The molecule has 11 nitrogen and oxygen atoms in total. The fourth-order valence-corrected chi connectivity index (χ4v) is 3.86. The van der Waals surface area contributed by atoms with Crippen LogP contribution in [-0.2, 0) is 14.8 Å². The van der Waals surface area contributed by atoms with Crippen LogP contribution in [0.4, 0.5) is 17.1 Å². The van der Waals surface area contributed by atoms with Crippen molar-refractivity contribution in [1.82, 2.24) is 9.97 Å². The molecule has 12 heteroatoms. The number of rotatable bonds is 8. The lowest BCUT2D eigenvalue weighted by Gasteiger charge is -2.09. The lowest BCUT2D eigenvalue weighted by Crippen LogP contribution is -2.17. The van der Waals surface area contributed by atoms with Crippen molar-refractivity contribution in [3.05, 3.63) is 76.8 Å². The molecule has 4 rings (SSSR count). The van der Waals surface area contributed by atoms with Crippen LogP contribution < -0.4 is 15.8 Å². The SMILES string of the molecule is NS(=O)(=O)c1ccc(NCCC(=O)Nc2ccc(-c3nc4ccccc4[nH]3)cc2)c([N+](=O)[O-])c1. The first kappa shape index (κ1) is 22.9. The van der Waals surface area contributed by atoms with Crippen LogP contribution in [0.5, 0.6) is 0 Å². The number of nitrogens with zero attached hydrogens (tertiary/aromatic N) is 2. The molecule has 0 saturated heterocycles. The standard InChI is InChI=1S/C22H20N6O5S/c23-34(32,33)16-9-10-19(20(13-16)28(30)31)24-12-11-21(29)25-15-7-5-14(6-8-15)22-26-17-3-1-2-4-18(17)27-22/h1-10,13,24H,11-12H2,(H,25,29)(H,26,27)(H2,23,32,33). The minimum atomic E-state index is -4.07. The zero-order valence-corrected chi connectivity index (χ0v) is 18.5. The molecule has 1 heterocycles. The Morgan fingerprint density at radius 3 is 2.50 bits per heavy atom.